The first-order valence-corrected chi connectivity index (χ1v) is 8.65. The van der Waals surface area contributed by atoms with Gasteiger partial charge in [-0.3, -0.25) is 0 Å². The second-order valence-corrected chi connectivity index (χ2v) is 5.51. The molecule has 0 radical (unpaired) electrons. The fourth-order valence-corrected chi connectivity index (χ4v) is 1.82. The molecular weight excluding hydrogens is 336 g/mol. The van der Waals surface area contributed by atoms with Crippen LogP contribution in [0.4, 0.5) is 0 Å². The largest absolute Gasteiger partial charge is 0.466 e. The molecule has 0 bridgehead atoms. The SMILES string of the molecule is C=C(OCCCC)OC(=O)c1cccc(C(=O)OC(=C)OCCCC)c1. The van der Waals surface area contributed by atoms with Gasteiger partial charge in [0.15, 0.2) is 0 Å². The number of hydrogen-bond acceptors (Lipinski definition) is 6. The van der Waals surface area contributed by atoms with Crippen LogP contribution < -0.4 is 0 Å². The van der Waals surface area contributed by atoms with Crippen molar-refractivity contribution in [3.63, 3.8) is 0 Å². The quantitative estimate of drug-likeness (QED) is 0.308. The van der Waals surface area contributed by atoms with Crippen LogP contribution in [-0.2, 0) is 18.9 Å². The number of carbonyl (C=O) groups is 2. The summed E-state index contributed by atoms with van der Waals surface area (Å²) in [4.78, 5) is 24.2. The Balaban J connectivity index is 2.60. The van der Waals surface area contributed by atoms with Crippen molar-refractivity contribution in [2.24, 2.45) is 0 Å². The van der Waals surface area contributed by atoms with Crippen molar-refractivity contribution in [1.82, 2.24) is 0 Å². The standard InChI is InChI=1S/C20H26O6/c1-5-7-12-23-15(3)25-19(21)17-10-9-11-18(14-17)20(22)26-16(4)24-13-8-6-2/h9-11,14H,3-8,12-13H2,1-2H3. The Morgan fingerprint density at radius 1 is 0.846 bits per heavy atom. The van der Waals surface area contributed by atoms with E-state index in [-0.39, 0.29) is 23.0 Å². The van der Waals surface area contributed by atoms with Gasteiger partial charge in [-0.05, 0) is 44.2 Å². The molecule has 0 amide bonds. The van der Waals surface area contributed by atoms with E-state index in [1.54, 1.807) is 6.07 Å². The summed E-state index contributed by atoms with van der Waals surface area (Å²) in [6.45, 7) is 12.0. The predicted molar refractivity (Wildman–Crippen MR) is 97.3 cm³/mol. The normalized spacial score (nSPS) is 9.92. The zero-order valence-corrected chi connectivity index (χ0v) is 15.4. The number of unbranched alkanes of at least 4 members (excludes halogenated alkanes) is 2. The summed E-state index contributed by atoms with van der Waals surface area (Å²) in [6.07, 6.45) is 3.59. The highest BCUT2D eigenvalue weighted by Gasteiger charge is 2.15. The third-order valence-corrected chi connectivity index (χ3v) is 3.27. The van der Waals surface area contributed by atoms with Gasteiger partial charge < -0.3 is 18.9 Å². The molecule has 0 aliphatic rings. The van der Waals surface area contributed by atoms with E-state index in [0.29, 0.717) is 13.2 Å². The van der Waals surface area contributed by atoms with Gasteiger partial charge in [-0.25, -0.2) is 9.59 Å². The molecule has 0 saturated carbocycles. The third-order valence-electron chi connectivity index (χ3n) is 3.27. The van der Waals surface area contributed by atoms with Crippen LogP contribution in [0.25, 0.3) is 0 Å². The highest BCUT2D eigenvalue weighted by atomic mass is 16.7. The molecule has 1 rings (SSSR count). The van der Waals surface area contributed by atoms with Gasteiger partial charge in [0.2, 0.25) is 0 Å². The molecule has 0 N–H and O–H groups in total. The minimum absolute atomic E-state index is 0.0749. The maximum Gasteiger partial charge on any atom is 0.345 e. The third kappa shape index (κ3) is 7.88. The number of esters is 2. The second-order valence-electron chi connectivity index (χ2n) is 5.51. The Morgan fingerprint density at radius 3 is 1.65 bits per heavy atom. The first-order chi connectivity index (χ1) is 12.5. The van der Waals surface area contributed by atoms with Gasteiger partial charge in [-0.15, -0.1) is 0 Å². The van der Waals surface area contributed by atoms with Crippen LogP contribution in [-0.4, -0.2) is 25.2 Å². The number of benzene rings is 1. The van der Waals surface area contributed by atoms with Crippen LogP contribution in [0.3, 0.4) is 0 Å². The summed E-state index contributed by atoms with van der Waals surface area (Å²) in [5.41, 5.74) is 0.356. The lowest BCUT2D eigenvalue weighted by Gasteiger charge is -2.10. The van der Waals surface area contributed by atoms with E-state index in [1.165, 1.54) is 18.2 Å². The molecule has 0 spiro atoms. The van der Waals surface area contributed by atoms with Gasteiger partial charge in [0, 0.05) is 0 Å². The van der Waals surface area contributed by atoms with Crippen molar-refractivity contribution in [3.8, 4) is 0 Å². The van der Waals surface area contributed by atoms with Crippen molar-refractivity contribution < 1.29 is 28.5 Å². The minimum atomic E-state index is -0.667. The second kappa shape index (κ2) is 11.7. The van der Waals surface area contributed by atoms with Gasteiger partial charge in [0.25, 0.3) is 11.9 Å². The maximum atomic E-state index is 12.1. The lowest BCUT2D eigenvalue weighted by molar-refractivity contribution is 0.0261. The Morgan fingerprint density at radius 2 is 1.27 bits per heavy atom. The van der Waals surface area contributed by atoms with E-state index in [9.17, 15) is 9.59 Å². The first-order valence-electron chi connectivity index (χ1n) is 8.65. The minimum Gasteiger partial charge on any atom is -0.466 e. The Kier molecular flexibility index (Phi) is 9.61. The molecule has 6 heteroatoms. The van der Waals surface area contributed by atoms with E-state index in [4.69, 9.17) is 18.9 Å². The summed E-state index contributed by atoms with van der Waals surface area (Å²) < 4.78 is 20.4. The average Bonchev–Trinajstić information content (AvgIpc) is 2.62. The molecule has 0 aromatic heterocycles. The summed E-state index contributed by atoms with van der Waals surface area (Å²) in [5.74, 6) is -1.48. The lowest BCUT2D eigenvalue weighted by atomic mass is 10.1. The molecule has 26 heavy (non-hydrogen) atoms. The summed E-state index contributed by atoms with van der Waals surface area (Å²) in [6, 6.07) is 5.95. The van der Waals surface area contributed by atoms with Crippen LogP contribution in [0.15, 0.2) is 49.3 Å². The molecule has 1 aromatic rings. The molecule has 0 aliphatic carbocycles. The summed E-state index contributed by atoms with van der Waals surface area (Å²) >= 11 is 0. The summed E-state index contributed by atoms with van der Waals surface area (Å²) in [7, 11) is 0. The topological polar surface area (TPSA) is 71.1 Å². The first kappa shape index (κ1) is 21.3. The van der Waals surface area contributed by atoms with Crippen LogP contribution in [0.5, 0.6) is 0 Å². The van der Waals surface area contributed by atoms with Crippen molar-refractivity contribution in [1.29, 1.82) is 0 Å². The molecule has 0 atom stereocenters. The van der Waals surface area contributed by atoms with E-state index in [0.717, 1.165) is 25.7 Å². The molecule has 142 valence electrons. The zero-order valence-electron chi connectivity index (χ0n) is 15.4. The monoisotopic (exact) mass is 362 g/mol. The average molecular weight is 362 g/mol. The maximum absolute atomic E-state index is 12.1. The molecular formula is C20H26O6. The Labute approximate surface area is 154 Å². The van der Waals surface area contributed by atoms with E-state index < -0.39 is 11.9 Å². The van der Waals surface area contributed by atoms with Gasteiger partial charge in [0.1, 0.15) is 0 Å². The van der Waals surface area contributed by atoms with Gasteiger partial charge in [-0.2, -0.15) is 0 Å². The zero-order chi connectivity index (χ0) is 19.4. The fourth-order valence-electron chi connectivity index (χ4n) is 1.82. The van der Waals surface area contributed by atoms with Crippen LogP contribution in [0.2, 0.25) is 0 Å². The Bertz CT molecular complexity index is 584. The number of hydrogen-bond donors (Lipinski definition) is 0. The van der Waals surface area contributed by atoms with Crippen LogP contribution in [0, 0.1) is 0 Å². The van der Waals surface area contributed by atoms with E-state index in [1.807, 2.05) is 13.8 Å². The predicted octanol–water partition coefficient (Wildman–Crippen LogP) is 4.58. The summed E-state index contributed by atoms with van der Waals surface area (Å²) in [5, 5.41) is 0. The smallest absolute Gasteiger partial charge is 0.345 e. The number of carbonyl (C=O) groups excluding carboxylic acids is 2. The molecule has 0 aliphatic heterocycles. The highest BCUT2D eigenvalue weighted by Crippen LogP contribution is 2.12. The van der Waals surface area contributed by atoms with E-state index >= 15 is 0 Å². The fraction of sp³-hybridized carbons (Fsp3) is 0.400. The Hall–Kier alpha value is -2.76. The van der Waals surface area contributed by atoms with Crippen molar-refractivity contribution in [2.45, 2.75) is 39.5 Å². The molecule has 6 nitrogen and oxygen atoms in total. The van der Waals surface area contributed by atoms with Gasteiger partial charge in [-0.1, -0.05) is 32.8 Å². The number of ether oxygens (including phenoxy) is 4. The molecule has 0 fully saturated rings. The molecule has 0 unspecified atom stereocenters. The number of rotatable bonds is 12. The molecule has 0 heterocycles. The van der Waals surface area contributed by atoms with E-state index in [2.05, 4.69) is 13.2 Å². The molecule has 0 saturated heterocycles. The van der Waals surface area contributed by atoms with Gasteiger partial charge in [0.05, 0.1) is 24.3 Å². The van der Waals surface area contributed by atoms with Crippen LogP contribution in [0.1, 0.15) is 60.2 Å². The van der Waals surface area contributed by atoms with Crippen molar-refractivity contribution in [2.75, 3.05) is 13.2 Å². The van der Waals surface area contributed by atoms with Crippen molar-refractivity contribution in [3.05, 3.63) is 60.4 Å². The van der Waals surface area contributed by atoms with Crippen LogP contribution >= 0.6 is 0 Å². The lowest BCUT2D eigenvalue weighted by Crippen LogP contribution is -2.10. The van der Waals surface area contributed by atoms with Crippen molar-refractivity contribution >= 4 is 11.9 Å². The van der Waals surface area contributed by atoms with Gasteiger partial charge >= 0.3 is 11.9 Å². The highest BCUT2D eigenvalue weighted by molar-refractivity contribution is 5.95. The molecule has 1 aromatic carbocycles.